The second-order valence-electron chi connectivity index (χ2n) is 19.9. The molecule has 11 rings (SSSR count). The molecule has 3 aliphatic rings. The number of hydrogen-bond acceptors (Lipinski definition) is 1. The Morgan fingerprint density at radius 1 is 0.523 bits per heavy atom. The Hall–Kier alpha value is -6.70. The van der Waals surface area contributed by atoms with Crippen LogP contribution in [0.3, 0.4) is 0 Å². The van der Waals surface area contributed by atoms with E-state index in [-0.39, 0.29) is 5.41 Å². The van der Waals surface area contributed by atoms with Gasteiger partial charge in [-0.1, -0.05) is 223 Å². The van der Waals surface area contributed by atoms with Gasteiger partial charge in [0.1, 0.15) is 0 Å². The van der Waals surface area contributed by atoms with Crippen LogP contribution in [0.4, 0.5) is 17.1 Å². The third-order valence-corrected chi connectivity index (χ3v) is 14.9. The zero-order valence-electron chi connectivity index (χ0n) is 38.4. The highest BCUT2D eigenvalue weighted by Gasteiger charge is 2.48. The lowest BCUT2D eigenvalue weighted by atomic mass is 9.65. The lowest BCUT2D eigenvalue weighted by molar-refractivity contribution is 0.445. The van der Waals surface area contributed by atoms with Gasteiger partial charge in [-0.2, -0.15) is 0 Å². The Morgan fingerprint density at radius 3 is 1.80 bits per heavy atom. The molecule has 0 bridgehead atoms. The van der Waals surface area contributed by atoms with Gasteiger partial charge in [0.15, 0.2) is 0 Å². The van der Waals surface area contributed by atoms with Gasteiger partial charge in [-0.25, -0.2) is 0 Å². The molecule has 0 radical (unpaired) electrons. The van der Waals surface area contributed by atoms with Gasteiger partial charge in [0.05, 0.1) is 16.8 Å². The van der Waals surface area contributed by atoms with Gasteiger partial charge in [0.25, 0.3) is 0 Å². The predicted octanol–water partition coefficient (Wildman–Crippen LogP) is 17.8. The Kier molecular flexibility index (Phi) is 10.5. The van der Waals surface area contributed by atoms with Crippen LogP contribution in [0.25, 0.3) is 44.2 Å². The fraction of sp³-hybridized carbons (Fsp3) is 0.219. The van der Waals surface area contributed by atoms with Crippen molar-refractivity contribution in [2.45, 2.75) is 83.0 Å². The van der Waals surface area contributed by atoms with Gasteiger partial charge in [0.2, 0.25) is 0 Å². The van der Waals surface area contributed by atoms with Gasteiger partial charge in [-0.05, 0) is 127 Å². The number of nitrogens with zero attached hydrogens (tertiary/aromatic N) is 1. The molecule has 0 amide bonds. The number of allylic oxidation sites excluding steroid dienone is 4. The topological polar surface area (TPSA) is 3.24 Å². The minimum absolute atomic E-state index is 0.0296. The fourth-order valence-corrected chi connectivity index (χ4v) is 11.7. The molecule has 8 aromatic carbocycles. The molecule has 0 heterocycles. The Morgan fingerprint density at radius 2 is 1.11 bits per heavy atom. The third kappa shape index (κ3) is 6.99. The number of hydrogen-bond donors (Lipinski definition) is 0. The molecule has 0 aromatic heterocycles. The van der Waals surface area contributed by atoms with Crippen molar-refractivity contribution in [3.63, 3.8) is 0 Å². The highest BCUT2D eigenvalue weighted by atomic mass is 15.1. The summed E-state index contributed by atoms with van der Waals surface area (Å²) in [6, 6.07) is 69.2. The van der Waals surface area contributed by atoms with Gasteiger partial charge in [-0.3, -0.25) is 0 Å². The first-order valence-corrected chi connectivity index (χ1v) is 24.1. The molecule has 65 heavy (non-hydrogen) atoms. The van der Waals surface area contributed by atoms with E-state index in [1.54, 1.807) is 0 Å². The fourth-order valence-electron chi connectivity index (χ4n) is 11.7. The molecule has 2 atom stereocenters. The molecule has 1 heteroatoms. The van der Waals surface area contributed by atoms with E-state index in [4.69, 9.17) is 0 Å². The summed E-state index contributed by atoms with van der Waals surface area (Å²) < 4.78 is 0. The van der Waals surface area contributed by atoms with Crippen molar-refractivity contribution in [1.29, 1.82) is 0 Å². The van der Waals surface area contributed by atoms with E-state index in [2.05, 4.69) is 233 Å². The van der Waals surface area contributed by atoms with E-state index in [1.807, 2.05) is 0 Å². The molecular weight excluding hydrogens is 783 g/mol. The second-order valence-corrected chi connectivity index (χ2v) is 19.9. The first-order valence-electron chi connectivity index (χ1n) is 24.1. The van der Waals surface area contributed by atoms with Crippen LogP contribution in [0, 0.1) is 5.92 Å². The molecule has 1 saturated carbocycles. The summed E-state index contributed by atoms with van der Waals surface area (Å²) in [6.07, 6.45) is 14.9. The quantitative estimate of drug-likeness (QED) is 0.147. The standard InChI is InChI=1S/C64H59N/c1-44-36-38-49(39-37-44)64(48-24-9-6-10-25-48)57-32-14-11-28-56(57)62-55(31-19-33-58(62)64)53-27-13-16-35-60(53)65(50-42-40-47(41-43-50)63(2,3)4)59-34-15-12-26-52(59)54-30-18-23-46-22-17-29-51(61(46)54)45-20-7-5-8-21-45/h6,9-19,22-36,38-45H,5,7-8,20-21,37H2,1-4H3. The molecular formula is C64H59N. The van der Waals surface area contributed by atoms with Crippen LogP contribution in [-0.2, 0) is 10.8 Å². The van der Waals surface area contributed by atoms with Crippen molar-refractivity contribution in [1.82, 2.24) is 0 Å². The summed E-state index contributed by atoms with van der Waals surface area (Å²) in [7, 11) is 0. The van der Waals surface area contributed by atoms with Gasteiger partial charge < -0.3 is 4.90 Å². The van der Waals surface area contributed by atoms with E-state index in [9.17, 15) is 0 Å². The van der Waals surface area contributed by atoms with Crippen molar-refractivity contribution >= 4 is 27.8 Å². The van der Waals surface area contributed by atoms with Crippen LogP contribution >= 0.6 is 0 Å². The van der Waals surface area contributed by atoms with Crippen LogP contribution in [0.15, 0.2) is 206 Å². The summed E-state index contributed by atoms with van der Waals surface area (Å²) in [4.78, 5) is 2.55. The number of benzene rings is 8. The normalized spacial score (nSPS) is 18.3. The van der Waals surface area contributed by atoms with Crippen molar-refractivity contribution in [2.24, 2.45) is 5.92 Å². The van der Waals surface area contributed by atoms with Gasteiger partial charge >= 0.3 is 0 Å². The first-order chi connectivity index (χ1) is 31.8. The molecule has 2 unspecified atom stereocenters. The van der Waals surface area contributed by atoms with Crippen molar-refractivity contribution in [2.75, 3.05) is 4.90 Å². The Balaban J connectivity index is 1.17. The Bertz CT molecular complexity index is 3090. The van der Waals surface area contributed by atoms with Crippen molar-refractivity contribution < 1.29 is 0 Å². The highest BCUT2D eigenvalue weighted by Crippen LogP contribution is 2.60. The number of rotatable bonds is 8. The molecule has 0 spiro atoms. The smallest absolute Gasteiger partial charge is 0.0710 e. The lowest BCUT2D eigenvalue weighted by Gasteiger charge is -2.36. The lowest BCUT2D eigenvalue weighted by Crippen LogP contribution is -2.29. The molecule has 1 fully saturated rings. The van der Waals surface area contributed by atoms with Crippen LogP contribution < -0.4 is 4.90 Å². The zero-order valence-corrected chi connectivity index (χ0v) is 38.4. The summed E-state index contributed by atoms with van der Waals surface area (Å²) in [6.45, 7) is 9.23. The van der Waals surface area contributed by atoms with Crippen LogP contribution in [0.2, 0.25) is 0 Å². The van der Waals surface area contributed by atoms with E-state index >= 15 is 0 Å². The summed E-state index contributed by atoms with van der Waals surface area (Å²) in [5, 5.41) is 2.72. The van der Waals surface area contributed by atoms with Crippen LogP contribution in [0.1, 0.15) is 100.0 Å². The first kappa shape index (κ1) is 41.0. The second kappa shape index (κ2) is 16.7. The van der Waals surface area contributed by atoms with Crippen LogP contribution in [0.5, 0.6) is 0 Å². The average Bonchev–Trinajstić information content (AvgIpc) is 3.66. The highest BCUT2D eigenvalue weighted by molar-refractivity contribution is 6.05. The monoisotopic (exact) mass is 841 g/mol. The van der Waals surface area contributed by atoms with E-state index in [1.165, 1.54) is 115 Å². The van der Waals surface area contributed by atoms with Crippen LogP contribution in [-0.4, -0.2) is 0 Å². The maximum Gasteiger partial charge on any atom is 0.0710 e. The maximum absolute atomic E-state index is 2.55. The van der Waals surface area contributed by atoms with E-state index < -0.39 is 5.41 Å². The molecule has 8 aromatic rings. The Labute approximate surface area is 386 Å². The molecule has 1 nitrogen and oxygen atoms in total. The van der Waals surface area contributed by atoms with Gasteiger partial charge in [-0.15, -0.1) is 0 Å². The minimum atomic E-state index is -0.450. The molecule has 0 saturated heterocycles. The molecule has 0 aliphatic heterocycles. The van der Waals surface area contributed by atoms with Crippen molar-refractivity contribution in [3.05, 3.63) is 234 Å². The summed E-state index contributed by atoms with van der Waals surface area (Å²) in [5.41, 5.74) is 18.9. The SMILES string of the molecule is CC1C=CC(C2(c3ccccc3)c3ccccc3-c3c(-c4ccccc4N(c4ccc(C(C)(C)C)cc4)c4ccccc4-c4cccc5cccc(C6CCCCC6)c45)cccc32)=CC1. The number of anilines is 3. The molecule has 320 valence electrons. The average molecular weight is 842 g/mol. The minimum Gasteiger partial charge on any atom is -0.309 e. The molecule has 3 aliphatic carbocycles. The number of para-hydroxylation sites is 2. The molecule has 0 N–H and O–H groups in total. The zero-order chi connectivity index (χ0) is 44.1. The maximum atomic E-state index is 2.55. The predicted molar refractivity (Wildman–Crippen MR) is 277 cm³/mol. The summed E-state index contributed by atoms with van der Waals surface area (Å²) >= 11 is 0. The summed E-state index contributed by atoms with van der Waals surface area (Å²) in [5.74, 6) is 1.09. The largest absolute Gasteiger partial charge is 0.309 e. The van der Waals surface area contributed by atoms with Gasteiger partial charge in [0, 0.05) is 16.8 Å². The number of fused-ring (bicyclic) bond motifs is 4. The van der Waals surface area contributed by atoms with Crippen molar-refractivity contribution in [3.8, 4) is 33.4 Å². The van der Waals surface area contributed by atoms with E-state index in [0.717, 1.165) is 17.8 Å². The third-order valence-electron chi connectivity index (χ3n) is 14.9. The van der Waals surface area contributed by atoms with E-state index in [0.29, 0.717) is 11.8 Å².